The summed E-state index contributed by atoms with van der Waals surface area (Å²) >= 11 is 0. The summed E-state index contributed by atoms with van der Waals surface area (Å²) in [6.07, 6.45) is 2.09. The van der Waals surface area contributed by atoms with Gasteiger partial charge in [0.15, 0.2) is 5.96 Å². The van der Waals surface area contributed by atoms with Crippen molar-refractivity contribution in [1.29, 1.82) is 0 Å². The van der Waals surface area contributed by atoms with Crippen LogP contribution in [0.25, 0.3) is 0 Å². The molecule has 122 valence electrons. The molecule has 0 aliphatic heterocycles. The Hall–Kier alpha value is -2.04. The van der Waals surface area contributed by atoms with E-state index in [4.69, 9.17) is 0 Å². The smallest absolute Gasteiger partial charge is 0.251 e. The number of unbranched alkanes of at least 4 members (excludes halogenated alkanes) is 1. The molecule has 0 saturated carbocycles. The van der Waals surface area contributed by atoms with Crippen LogP contribution in [0.3, 0.4) is 0 Å². The fourth-order valence-corrected chi connectivity index (χ4v) is 1.92. The lowest BCUT2D eigenvalue weighted by molar-refractivity contribution is 0.0953. The van der Waals surface area contributed by atoms with Gasteiger partial charge in [0.25, 0.3) is 5.91 Å². The van der Waals surface area contributed by atoms with Crippen LogP contribution in [0.2, 0.25) is 0 Å². The molecule has 1 aromatic carbocycles. The molecule has 0 aromatic heterocycles. The van der Waals surface area contributed by atoms with E-state index in [0.717, 1.165) is 44.0 Å². The molecule has 0 aliphatic rings. The second kappa shape index (κ2) is 10.7. The molecule has 0 heterocycles. The third-order valence-electron chi connectivity index (χ3n) is 3.14. The zero-order valence-corrected chi connectivity index (χ0v) is 13.9. The molecule has 3 N–H and O–H groups in total. The van der Waals surface area contributed by atoms with Gasteiger partial charge in [-0.3, -0.25) is 4.79 Å². The van der Waals surface area contributed by atoms with Crippen molar-refractivity contribution in [2.45, 2.75) is 40.2 Å². The number of rotatable bonds is 8. The van der Waals surface area contributed by atoms with Gasteiger partial charge in [-0.25, -0.2) is 4.99 Å². The molecule has 1 aromatic rings. The van der Waals surface area contributed by atoms with Gasteiger partial charge < -0.3 is 16.0 Å². The van der Waals surface area contributed by atoms with Gasteiger partial charge in [0, 0.05) is 25.2 Å². The van der Waals surface area contributed by atoms with Crippen LogP contribution in [-0.2, 0) is 6.54 Å². The lowest BCUT2D eigenvalue weighted by atomic mass is 10.1. The first kappa shape index (κ1) is 18.0. The van der Waals surface area contributed by atoms with E-state index in [1.807, 2.05) is 38.1 Å². The molecule has 0 spiro atoms. The Balaban J connectivity index is 2.56. The highest BCUT2D eigenvalue weighted by atomic mass is 16.1. The zero-order valence-electron chi connectivity index (χ0n) is 13.9. The maximum atomic E-state index is 11.9. The Morgan fingerprint density at radius 3 is 2.18 bits per heavy atom. The van der Waals surface area contributed by atoms with Crippen molar-refractivity contribution in [2.24, 2.45) is 4.99 Å². The van der Waals surface area contributed by atoms with Gasteiger partial charge in [-0.1, -0.05) is 25.5 Å². The van der Waals surface area contributed by atoms with Gasteiger partial charge in [0.1, 0.15) is 0 Å². The fourth-order valence-electron chi connectivity index (χ4n) is 1.92. The topological polar surface area (TPSA) is 65.5 Å². The van der Waals surface area contributed by atoms with Crippen LogP contribution in [0, 0.1) is 0 Å². The molecule has 0 atom stereocenters. The first-order valence-electron chi connectivity index (χ1n) is 8.10. The molecule has 0 unspecified atom stereocenters. The second-order valence-electron chi connectivity index (χ2n) is 5.03. The summed E-state index contributed by atoms with van der Waals surface area (Å²) in [5, 5.41) is 9.29. The van der Waals surface area contributed by atoms with Gasteiger partial charge in [-0.05, 0) is 38.0 Å². The molecule has 5 nitrogen and oxygen atoms in total. The van der Waals surface area contributed by atoms with Gasteiger partial charge >= 0.3 is 0 Å². The second-order valence-corrected chi connectivity index (χ2v) is 5.03. The number of guanidine groups is 1. The summed E-state index contributed by atoms with van der Waals surface area (Å²) < 4.78 is 0. The summed E-state index contributed by atoms with van der Waals surface area (Å²) in [4.78, 5) is 16.4. The van der Waals surface area contributed by atoms with Gasteiger partial charge in [0.05, 0.1) is 6.54 Å². The summed E-state index contributed by atoms with van der Waals surface area (Å²) in [6.45, 7) is 9.18. The molecule has 22 heavy (non-hydrogen) atoms. The van der Waals surface area contributed by atoms with Crippen molar-refractivity contribution in [3.8, 4) is 0 Å². The Morgan fingerprint density at radius 1 is 1.00 bits per heavy atom. The zero-order chi connectivity index (χ0) is 16.2. The Kier molecular flexibility index (Phi) is 8.72. The van der Waals surface area contributed by atoms with Crippen molar-refractivity contribution in [2.75, 3.05) is 19.6 Å². The number of nitrogens with zero attached hydrogens (tertiary/aromatic N) is 1. The number of hydrogen-bond acceptors (Lipinski definition) is 2. The average Bonchev–Trinajstić information content (AvgIpc) is 2.53. The normalized spacial score (nSPS) is 9.95. The molecule has 0 bridgehead atoms. The van der Waals surface area contributed by atoms with E-state index in [-0.39, 0.29) is 5.91 Å². The van der Waals surface area contributed by atoms with Crippen LogP contribution in [0.5, 0.6) is 0 Å². The minimum Gasteiger partial charge on any atom is -0.357 e. The largest absolute Gasteiger partial charge is 0.357 e. The molecule has 0 radical (unpaired) electrons. The predicted octanol–water partition coefficient (Wildman–Crippen LogP) is 2.29. The van der Waals surface area contributed by atoms with E-state index in [2.05, 4.69) is 27.9 Å². The maximum Gasteiger partial charge on any atom is 0.251 e. The molecular weight excluding hydrogens is 276 g/mol. The van der Waals surface area contributed by atoms with E-state index in [1.54, 1.807) is 0 Å². The number of aliphatic imine (C=N–C) groups is 1. The fraction of sp³-hybridized carbons (Fsp3) is 0.529. The van der Waals surface area contributed by atoms with E-state index in [1.165, 1.54) is 0 Å². The Labute approximate surface area is 133 Å². The maximum absolute atomic E-state index is 11.9. The minimum absolute atomic E-state index is 0.00973. The summed E-state index contributed by atoms with van der Waals surface area (Å²) in [7, 11) is 0. The first-order chi connectivity index (χ1) is 10.7. The van der Waals surface area contributed by atoms with Crippen LogP contribution in [0.15, 0.2) is 29.3 Å². The molecule has 0 fully saturated rings. The third-order valence-corrected chi connectivity index (χ3v) is 3.14. The highest BCUT2D eigenvalue weighted by molar-refractivity contribution is 5.94. The number of nitrogens with one attached hydrogen (secondary N) is 3. The molecule has 0 saturated heterocycles. The lowest BCUT2D eigenvalue weighted by Gasteiger charge is -2.09. The average molecular weight is 304 g/mol. The van der Waals surface area contributed by atoms with Crippen molar-refractivity contribution in [1.82, 2.24) is 16.0 Å². The summed E-state index contributed by atoms with van der Waals surface area (Å²) in [6, 6.07) is 7.61. The van der Waals surface area contributed by atoms with E-state index >= 15 is 0 Å². The van der Waals surface area contributed by atoms with Crippen molar-refractivity contribution >= 4 is 11.9 Å². The van der Waals surface area contributed by atoms with Crippen molar-refractivity contribution in [3.63, 3.8) is 0 Å². The monoisotopic (exact) mass is 304 g/mol. The lowest BCUT2D eigenvalue weighted by Crippen LogP contribution is -2.36. The van der Waals surface area contributed by atoms with Crippen LogP contribution < -0.4 is 16.0 Å². The van der Waals surface area contributed by atoms with Crippen molar-refractivity contribution < 1.29 is 4.79 Å². The quantitative estimate of drug-likeness (QED) is 0.392. The number of benzene rings is 1. The Morgan fingerprint density at radius 2 is 1.64 bits per heavy atom. The number of hydrogen-bond donors (Lipinski definition) is 3. The van der Waals surface area contributed by atoms with Crippen LogP contribution in [-0.4, -0.2) is 31.5 Å². The number of amides is 1. The third kappa shape index (κ3) is 6.61. The number of carbonyl (C=O) groups excluding carboxylic acids is 1. The van der Waals surface area contributed by atoms with Crippen molar-refractivity contribution in [3.05, 3.63) is 35.4 Å². The van der Waals surface area contributed by atoms with Crippen LogP contribution in [0.4, 0.5) is 0 Å². The van der Waals surface area contributed by atoms with Crippen LogP contribution >= 0.6 is 0 Å². The van der Waals surface area contributed by atoms with E-state index in [9.17, 15) is 4.79 Å². The van der Waals surface area contributed by atoms with Gasteiger partial charge in [0.2, 0.25) is 0 Å². The molecule has 0 aliphatic carbocycles. The molecule has 5 heteroatoms. The van der Waals surface area contributed by atoms with E-state index < -0.39 is 0 Å². The van der Waals surface area contributed by atoms with Crippen LogP contribution in [0.1, 0.15) is 49.5 Å². The highest BCUT2D eigenvalue weighted by Gasteiger charge is 2.04. The number of carbonyl (C=O) groups is 1. The summed E-state index contributed by atoms with van der Waals surface area (Å²) in [5.74, 6) is 0.802. The molecular formula is C17H28N4O. The molecule has 1 rings (SSSR count). The Bertz CT molecular complexity index is 460. The predicted molar refractivity (Wildman–Crippen MR) is 92.2 cm³/mol. The van der Waals surface area contributed by atoms with E-state index in [0.29, 0.717) is 12.1 Å². The van der Waals surface area contributed by atoms with Gasteiger partial charge in [-0.2, -0.15) is 0 Å². The minimum atomic E-state index is -0.00973. The molecule has 1 amide bonds. The standard InChI is InChI=1S/C17H28N4O/c1-4-7-12-20-16(22)15-10-8-14(9-11-15)13-21-17(18-5-2)19-6-3/h8-11H,4-7,12-13H2,1-3H3,(H,20,22)(H2,18,19,21). The first-order valence-corrected chi connectivity index (χ1v) is 8.10. The highest BCUT2D eigenvalue weighted by Crippen LogP contribution is 2.06. The SMILES string of the molecule is CCCCNC(=O)c1ccc(CN=C(NCC)NCC)cc1. The van der Waals surface area contributed by atoms with Gasteiger partial charge in [-0.15, -0.1) is 0 Å². The summed E-state index contributed by atoms with van der Waals surface area (Å²) in [5.41, 5.74) is 1.78.